The first-order chi connectivity index (χ1) is 8.08. The van der Waals surface area contributed by atoms with Crippen LogP contribution in [0, 0.1) is 11.3 Å². The third-order valence-corrected chi connectivity index (χ3v) is 4.93. The van der Waals surface area contributed by atoms with E-state index in [0.717, 1.165) is 12.8 Å². The zero-order valence-electron chi connectivity index (χ0n) is 11.2. The Bertz CT molecular complexity index is 262. The van der Waals surface area contributed by atoms with Crippen LogP contribution in [0.1, 0.15) is 46.5 Å². The second-order valence-corrected chi connectivity index (χ2v) is 6.92. The van der Waals surface area contributed by atoms with Gasteiger partial charge in [0.2, 0.25) is 0 Å². The van der Waals surface area contributed by atoms with Gasteiger partial charge in [-0.3, -0.25) is 0 Å². The third-order valence-electron chi connectivity index (χ3n) is 3.91. The summed E-state index contributed by atoms with van der Waals surface area (Å²) in [4.78, 5) is 0. The van der Waals surface area contributed by atoms with Crippen LogP contribution in [0.25, 0.3) is 0 Å². The third kappa shape index (κ3) is 4.72. The van der Waals surface area contributed by atoms with Crippen molar-refractivity contribution in [3.8, 4) is 0 Å². The standard InChI is InChI=1S/C13H22BrF3O/c1-11(2,3)10-4-6-12(8-14,7-5-10)18-9-13(15,16)17/h10H,4-9H2,1-3H3. The Labute approximate surface area is 116 Å². The van der Waals surface area contributed by atoms with Crippen molar-refractivity contribution in [2.75, 3.05) is 11.9 Å². The second-order valence-electron chi connectivity index (χ2n) is 6.36. The Kier molecular flexibility index (Phi) is 5.15. The van der Waals surface area contributed by atoms with Crippen LogP contribution in [0.5, 0.6) is 0 Å². The highest BCUT2D eigenvalue weighted by molar-refractivity contribution is 9.09. The average molecular weight is 331 g/mol. The number of rotatable bonds is 3. The van der Waals surface area contributed by atoms with E-state index in [2.05, 4.69) is 36.7 Å². The van der Waals surface area contributed by atoms with Crippen molar-refractivity contribution < 1.29 is 17.9 Å². The summed E-state index contributed by atoms with van der Waals surface area (Å²) < 4.78 is 41.9. The quantitative estimate of drug-likeness (QED) is 0.666. The second kappa shape index (κ2) is 5.70. The summed E-state index contributed by atoms with van der Waals surface area (Å²) in [5.74, 6) is 0.569. The summed E-state index contributed by atoms with van der Waals surface area (Å²) in [7, 11) is 0. The van der Waals surface area contributed by atoms with Gasteiger partial charge in [-0.1, -0.05) is 36.7 Å². The lowest BCUT2D eigenvalue weighted by atomic mass is 9.69. The van der Waals surface area contributed by atoms with Crippen LogP contribution < -0.4 is 0 Å². The lowest BCUT2D eigenvalue weighted by Gasteiger charge is -2.43. The molecule has 0 aromatic heterocycles. The highest BCUT2D eigenvalue weighted by Crippen LogP contribution is 2.43. The number of ether oxygens (including phenoxy) is 1. The van der Waals surface area contributed by atoms with Crippen molar-refractivity contribution in [3.05, 3.63) is 0 Å². The first kappa shape index (κ1) is 16.3. The molecule has 1 aliphatic carbocycles. The van der Waals surface area contributed by atoms with Crippen LogP contribution in [0.4, 0.5) is 13.2 Å². The summed E-state index contributed by atoms with van der Waals surface area (Å²) in [5.41, 5.74) is -0.403. The number of halogens is 4. The Balaban J connectivity index is 2.55. The molecule has 1 aliphatic rings. The molecule has 0 aromatic rings. The first-order valence-electron chi connectivity index (χ1n) is 6.35. The van der Waals surface area contributed by atoms with Crippen molar-refractivity contribution in [1.82, 2.24) is 0 Å². The molecule has 1 nitrogen and oxygen atoms in total. The molecule has 0 spiro atoms. The van der Waals surface area contributed by atoms with Crippen LogP contribution in [0.3, 0.4) is 0 Å². The summed E-state index contributed by atoms with van der Waals surface area (Å²) in [6.45, 7) is 5.43. The molecular formula is C13H22BrF3O. The molecule has 0 N–H and O–H groups in total. The highest BCUT2D eigenvalue weighted by atomic mass is 79.9. The molecule has 5 heteroatoms. The van der Waals surface area contributed by atoms with Crippen LogP contribution >= 0.6 is 15.9 Å². The molecule has 0 atom stereocenters. The minimum Gasteiger partial charge on any atom is -0.365 e. The van der Waals surface area contributed by atoms with E-state index in [1.54, 1.807) is 0 Å². The van der Waals surface area contributed by atoms with Crippen molar-refractivity contribution in [2.45, 2.75) is 58.2 Å². The van der Waals surface area contributed by atoms with E-state index in [1.165, 1.54) is 0 Å². The predicted molar refractivity (Wildman–Crippen MR) is 69.9 cm³/mol. The Morgan fingerprint density at radius 3 is 2.00 bits per heavy atom. The summed E-state index contributed by atoms with van der Waals surface area (Å²) >= 11 is 3.31. The van der Waals surface area contributed by atoms with Gasteiger partial charge in [-0.25, -0.2) is 0 Å². The van der Waals surface area contributed by atoms with Crippen LogP contribution in [-0.4, -0.2) is 23.7 Å². The normalized spacial score (nSPS) is 30.5. The van der Waals surface area contributed by atoms with E-state index >= 15 is 0 Å². The Morgan fingerprint density at radius 2 is 1.67 bits per heavy atom. The van der Waals surface area contributed by atoms with Gasteiger partial charge in [0.15, 0.2) is 0 Å². The van der Waals surface area contributed by atoms with Crippen LogP contribution in [0.15, 0.2) is 0 Å². The maximum absolute atomic E-state index is 12.2. The fourth-order valence-corrected chi connectivity index (χ4v) is 3.28. The van der Waals surface area contributed by atoms with E-state index in [-0.39, 0.29) is 5.41 Å². The van der Waals surface area contributed by atoms with Gasteiger partial charge in [0, 0.05) is 5.33 Å². The van der Waals surface area contributed by atoms with Gasteiger partial charge in [0.1, 0.15) is 6.61 Å². The number of hydrogen-bond donors (Lipinski definition) is 0. The molecule has 0 saturated heterocycles. The molecule has 0 aromatic carbocycles. The van der Waals surface area contributed by atoms with E-state index in [1.807, 2.05) is 0 Å². The molecule has 0 aliphatic heterocycles. The molecule has 108 valence electrons. The maximum atomic E-state index is 12.2. The van der Waals surface area contributed by atoms with Crippen molar-refractivity contribution in [2.24, 2.45) is 11.3 Å². The SMILES string of the molecule is CC(C)(C)C1CCC(CBr)(OCC(F)(F)F)CC1. The van der Waals surface area contributed by atoms with Gasteiger partial charge < -0.3 is 4.74 Å². The minimum atomic E-state index is -4.24. The van der Waals surface area contributed by atoms with Crippen LogP contribution in [-0.2, 0) is 4.74 Å². The summed E-state index contributed by atoms with van der Waals surface area (Å²) in [6.07, 6.45) is -0.956. The predicted octanol–water partition coefficient (Wildman–Crippen LogP) is 4.94. The molecule has 1 rings (SSSR count). The maximum Gasteiger partial charge on any atom is 0.411 e. The summed E-state index contributed by atoms with van der Waals surface area (Å²) in [6, 6.07) is 0. The zero-order chi connectivity index (χ0) is 14.0. The monoisotopic (exact) mass is 330 g/mol. The highest BCUT2D eigenvalue weighted by Gasteiger charge is 2.41. The van der Waals surface area contributed by atoms with Gasteiger partial charge in [0.05, 0.1) is 5.60 Å². The topological polar surface area (TPSA) is 9.23 Å². The molecule has 0 heterocycles. The molecular weight excluding hydrogens is 309 g/mol. The molecule has 0 unspecified atom stereocenters. The molecule has 1 fully saturated rings. The first-order valence-corrected chi connectivity index (χ1v) is 7.47. The van der Waals surface area contributed by atoms with Gasteiger partial charge in [-0.2, -0.15) is 13.2 Å². The fourth-order valence-electron chi connectivity index (χ4n) is 2.56. The molecule has 0 radical (unpaired) electrons. The lowest BCUT2D eigenvalue weighted by molar-refractivity contribution is -0.208. The van der Waals surface area contributed by atoms with E-state index in [4.69, 9.17) is 4.74 Å². The zero-order valence-corrected chi connectivity index (χ0v) is 12.8. The summed E-state index contributed by atoms with van der Waals surface area (Å²) in [5, 5.41) is 0.479. The largest absolute Gasteiger partial charge is 0.411 e. The van der Waals surface area contributed by atoms with Gasteiger partial charge in [-0.05, 0) is 37.0 Å². The number of alkyl halides is 4. The fraction of sp³-hybridized carbons (Fsp3) is 1.00. The lowest BCUT2D eigenvalue weighted by Crippen LogP contribution is -2.43. The number of hydrogen-bond acceptors (Lipinski definition) is 1. The van der Waals surface area contributed by atoms with Gasteiger partial charge >= 0.3 is 6.18 Å². The Hall–Kier alpha value is 0.230. The molecule has 1 saturated carbocycles. The van der Waals surface area contributed by atoms with Crippen molar-refractivity contribution in [1.29, 1.82) is 0 Å². The molecule has 18 heavy (non-hydrogen) atoms. The van der Waals surface area contributed by atoms with Crippen molar-refractivity contribution >= 4 is 15.9 Å². The van der Waals surface area contributed by atoms with E-state index < -0.39 is 18.4 Å². The average Bonchev–Trinajstić information content (AvgIpc) is 2.25. The molecule has 0 bridgehead atoms. The van der Waals surface area contributed by atoms with E-state index in [0.29, 0.717) is 24.1 Å². The van der Waals surface area contributed by atoms with Crippen LogP contribution in [0.2, 0.25) is 0 Å². The van der Waals surface area contributed by atoms with Gasteiger partial charge in [-0.15, -0.1) is 0 Å². The van der Waals surface area contributed by atoms with Gasteiger partial charge in [0.25, 0.3) is 0 Å². The van der Waals surface area contributed by atoms with Crippen molar-refractivity contribution in [3.63, 3.8) is 0 Å². The smallest absolute Gasteiger partial charge is 0.365 e. The minimum absolute atomic E-state index is 0.225. The Morgan fingerprint density at radius 1 is 1.17 bits per heavy atom. The molecule has 0 amide bonds. The van der Waals surface area contributed by atoms with E-state index in [9.17, 15) is 13.2 Å².